The number of aromatic amines is 1. The van der Waals surface area contributed by atoms with Crippen LogP contribution in [-0.2, 0) is 0 Å². The number of hydrogen-bond acceptors (Lipinski definition) is 3. The van der Waals surface area contributed by atoms with Gasteiger partial charge in [0, 0.05) is 6.20 Å². The second-order valence-electron chi connectivity index (χ2n) is 4.32. The third-order valence-electron chi connectivity index (χ3n) is 2.96. The maximum absolute atomic E-state index is 5.44. The number of nitrogens with zero attached hydrogens (tertiary/aromatic N) is 2. The summed E-state index contributed by atoms with van der Waals surface area (Å²) in [5.41, 5.74) is 2.88. The molecule has 0 spiro atoms. The number of hydrogen-bond donors (Lipinski definition) is 1. The molecule has 3 rings (SSSR count). The highest BCUT2D eigenvalue weighted by atomic mass is 16.5. The van der Waals surface area contributed by atoms with Crippen molar-refractivity contribution >= 4 is 0 Å². The number of nitrogens with one attached hydrogen (secondary N) is 1. The molecule has 0 aliphatic rings. The minimum Gasteiger partial charge on any atom is -0.494 e. The third kappa shape index (κ3) is 2.54. The van der Waals surface area contributed by atoms with Crippen LogP contribution in [0.25, 0.3) is 22.8 Å². The lowest BCUT2D eigenvalue weighted by atomic mass is 10.2. The van der Waals surface area contributed by atoms with Crippen LogP contribution in [0.5, 0.6) is 5.75 Å². The maximum Gasteiger partial charge on any atom is 0.156 e. The molecule has 0 bridgehead atoms. The highest BCUT2D eigenvalue weighted by molar-refractivity contribution is 5.63. The van der Waals surface area contributed by atoms with Gasteiger partial charge in [-0.15, -0.1) is 0 Å². The molecule has 20 heavy (non-hydrogen) atoms. The Bertz CT molecular complexity index is 674. The molecule has 0 fully saturated rings. The van der Waals surface area contributed by atoms with Crippen LogP contribution in [0.3, 0.4) is 0 Å². The average molecular weight is 265 g/mol. The van der Waals surface area contributed by atoms with Crippen molar-refractivity contribution in [2.75, 3.05) is 6.61 Å². The Morgan fingerprint density at radius 3 is 2.60 bits per heavy atom. The number of imidazole rings is 1. The quantitative estimate of drug-likeness (QED) is 0.785. The molecule has 4 heteroatoms. The van der Waals surface area contributed by atoms with Crippen LogP contribution in [0.2, 0.25) is 0 Å². The molecule has 4 nitrogen and oxygen atoms in total. The van der Waals surface area contributed by atoms with Crippen molar-refractivity contribution in [2.24, 2.45) is 0 Å². The van der Waals surface area contributed by atoms with E-state index in [0.29, 0.717) is 6.61 Å². The van der Waals surface area contributed by atoms with Crippen molar-refractivity contribution in [1.82, 2.24) is 15.0 Å². The van der Waals surface area contributed by atoms with Gasteiger partial charge in [0.2, 0.25) is 0 Å². The van der Waals surface area contributed by atoms with E-state index in [1.54, 1.807) is 6.20 Å². The Balaban J connectivity index is 1.86. The van der Waals surface area contributed by atoms with Gasteiger partial charge < -0.3 is 9.72 Å². The predicted molar refractivity (Wildman–Crippen MR) is 78.4 cm³/mol. The highest BCUT2D eigenvalue weighted by Gasteiger charge is 2.06. The molecule has 2 aromatic heterocycles. The molecule has 0 aliphatic carbocycles. The van der Waals surface area contributed by atoms with Gasteiger partial charge in [0.15, 0.2) is 5.82 Å². The summed E-state index contributed by atoms with van der Waals surface area (Å²) in [6, 6.07) is 13.7. The lowest BCUT2D eigenvalue weighted by Crippen LogP contribution is -1.90. The Morgan fingerprint density at radius 1 is 1.05 bits per heavy atom. The van der Waals surface area contributed by atoms with Crippen LogP contribution in [0.15, 0.2) is 54.9 Å². The third-order valence-corrected chi connectivity index (χ3v) is 2.96. The summed E-state index contributed by atoms with van der Waals surface area (Å²) in [5, 5.41) is 0. The van der Waals surface area contributed by atoms with Gasteiger partial charge in [0.25, 0.3) is 0 Å². The molecule has 2 heterocycles. The summed E-state index contributed by atoms with van der Waals surface area (Å²) in [5.74, 6) is 1.65. The van der Waals surface area contributed by atoms with Crippen molar-refractivity contribution in [1.29, 1.82) is 0 Å². The number of rotatable bonds is 4. The Labute approximate surface area is 117 Å². The summed E-state index contributed by atoms with van der Waals surface area (Å²) in [6.45, 7) is 2.65. The monoisotopic (exact) mass is 265 g/mol. The van der Waals surface area contributed by atoms with Gasteiger partial charge in [-0.05, 0) is 48.9 Å². The topological polar surface area (TPSA) is 50.8 Å². The van der Waals surface area contributed by atoms with E-state index in [4.69, 9.17) is 4.74 Å². The van der Waals surface area contributed by atoms with Crippen LogP contribution in [0, 0.1) is 0 Å². The Morgan fingerprint density at radius 2 is 1.90 bits per heavy atom. The van der Waals surface area contributed by atoms with Gasteiger partial charge in [-0.3, -0.25) is 4.98 Å². The molecule has 0 aliphatic heterocycles. The molecular weight excluding hydrogens is 250 g/mol. The molecule has 0 radical (unpaired) electrons. The Kier molecular flexibility index (Phi) is 3.46. The van der Waals surface area contributed by atoms with Gasteiger partial charge in [0.1, 0.15) is 11.4 Å². The van der Waals surface area contributed by atoms with E-state index < -0.39 is 0 Å². The minimum absolute atomic E-state index is 0.674. The van der Waals surface area contributed by atoms with Gasteiger partial charge in [-0.2, -0.15) is 0 Å². The maximum atomic E-state index is 5.44. The standard InChI is InChI=1S/C16H15N3O/c1-2-20-13-8-6-12(7-9-13)15-11-18-16(19-15)14-5-3-4-10-17-14/h3-11H,2H2,1H3,(H,18,19). The van der Waals surface area contributed by atoms with E-state index in [9.17, 15) is 0 Å². The van der Waals surface area contributed by atoms with Crippen molar-refractivity contribution in [3.63, 3.8) is 0 Å². The minimum atomic E-state index is 0.674. The second-order valence-corrected chi connectivity index (χ2v) is 4.32. The molecule has 0 unspecified atom stereocenters. The molecule has 0 atom stereocenters. The molecule has 0 saturated carbocycles. The van der Waals surface area contributed by atoms with Crippen LogP contribution in [0.4, 0.5) is 0 Å². The van der Waals surface area contributed by atoms with E-state index in [-0.39, 0.29) is 0 Å². The lowest BCUT2D eigenvalue weighted by Gasteiger charge is -2.03. The van der Waals surface area contributed by atoms with E-state index >= 15 is 0 Å². The summed E-state index contributed by atoms with van der Waals surface area (Å²) in [6.07, 6.45) is 3.58. The van der Waals surface area contributed by atoms with Crippen LogP contribution in [0.1, 0.15) is 6.92 Å². The number of pyridine rings is 1. The molecule has 100 valence electrons. The SMILES string of the molecule is CCOc1ccc(-c2cnc(-c3ccccn3)[nH]2)cc1. The van der Waals surface area contributed by atoms with Crippen molar-refractivity contribution in [3.8, 4) is 28.5 Å². The summed E-state index contributed by atoms with van der Waals surface area (Å²) < 4.78 is 5.44. The fourth-order valence-corrected chi connectivity index (χ4v) is 2.00. The zero-order chi connectivity index (χ0) is 13.8. The zero-order valence-electron chi connectivity index (χ0n) is 11.2. The van der Waals surface area contributed by atoms with E-state index in [1.807, 2.05) is 55.6 Å². The summed E-state index contributed by atoms with van der Waals surface area (Å²) in [7, 11) is 0. The van der Waals surface area contributed by atoms with Gasteiger partial charge >= 0.3 is 0 Å². The first-order valence-electron chi connectivity index (χ1n) is 6.56. The van der Waals surface area contributed by atoms with Gasteiger partial charge in [0.05, 0.1) is 18.5 Å². The van der Waals surface area contributed by atoms with Crippen LogP contribution >= 0.6 is 0 Å². The predicted octanol–water partition coefficient (Wildman–Crippen LogP) is 3.54. The van der Waals surface area contributed by atoms with Crippen molar-refractivity contribution < 1.29 is 4.74 Å². The first-order valence-corrected chi connectivity index (χ1v) is 6.56. The van der Waals surface area contributed by atoms with E-state index in [0.717, 1.165) is 28.5 Å². The first-order chi connectivity index (χ1) is 9.86. The van der Waals surface area contributed by atoms with Crippen LogP contribution in [-0.4, -0.2) is 21.6 Å². The van der Waals surface area contributed by atoms with Crippen molar-refractivity contribution in [3.05, 3.63) is 54.9 Å². The summed E-state index contributed by atoms with van der Waals surface area (Å²) >= 11 is 0. The Hall–Kier alpha value is -2.62. The average Bonchev–Trinajstić information content (AvgIpc) is 2.99. The lowest BCUT2D eigenvalue weighted by molar-refractivity contribution is 0.340. The molecular formula is C16H15N3O. The van der Waals surface area contributed by atoms with E-state index in [2.05, 4.69) is 15.0 Å². The van der Waals surface area contributed by atoms with Crippen molar-refractivity contribution in [2.45, 2.75) is 6.92 Å². The smallest absolute Gasteiger partial charge is 0.156 e. The number of ether oxygens (including phenoxy) is 1. The first kappa shape index (κ1) is 12.4. The zero-order valence-corrected chi connectivity index (χ0v) is 11.2. The summed E-state index contributed by atoms with van der Waals surface area (Å²) in [4.78, 5) is 11.9. The fraction of sp³-hybridized carbons (Fsp3) is 0.125. The van der Waals surface area contributed by atoms with Gasteiger partial charge in [-0.1, -0.05) is 6.07 Å². The largest absolute Gasteiger partial charge is 0.494 e. The fourth-order valence-electron chi connectivity index (χ4n) is 2.00. The molecule has 1 N–H and O–H groups in total. The van der Waals surface area contributed by atoms with Crippen LogP contribution < -0.4 is 4.74 Å². The number of aromatic nitrogens is 3. The van der Waals surface area contributed by atoms with Gasteiger partial charge in [-0.25, -0.2) is 4.98 Å². The molecule has 0 saturated heterocycles. The number of H-pyrrole nitrogens is 1. The number of benzene rings is 1. The van der Waals surface area contributed by atoms with E-state index in [1.165, 1.54) is 0 Å². The molecule has 0 amide bonds. The highest BCUT2D eigenvalue weighted by Crippen LogP contribution is 2.23. The molecule has 1 aromatic carbocycles. The molecule has 3 aromatic rings. The normalized spacial score (nSPS) is 10.4. The second kappa shape index (κ2) is 5.57.